The van der Waals surface area contributed by atoms with Gasteiger partial charge >= 0.3 is 5.97 Å². The molecule has 2 aromatic carbocycles. The van der Waals surface area contributed by atoms with Crippen molar-refractivity contribution in [2.45, 2.75) is 102 Å². The lowest BCUT2D eigenvalue weighted by atomic mass is 9.59. The van der Waals surface area contributed by atoms with Crippen LogP contribution in [0.25, 0.3) is 0 Å². The van der Waals surface area contributed by atoms with Crippen molar-refractivity contribution in [1.29, 1.82) is 0 Å². The highest BCUT2D eigenvalue weighted by Crippen LogP contribution is 2.56. The van der Waals surface area contributed by atoms with Crippen molar-refractivity contribution in [2.24, 2.45) is 18.9 Å². The topological polar surface area (TPSA) is 92.5 Å². The minimum atomic E-state index is -1.04. The Hall–Kier alpha value is -3.88. The van der Waals surface area contributed by atoms with Gasteiger partial charge in [-0.2, -0.15) is 5.10 Å². The molecule has 1 fully saturated rings. The first-order chi connectivity index (χ1) is 24.5. The van der Waals surface area contributed by atoms with Crippen LogP contribution in [-0.2, 0) is 43.2 Å². The van der Waals surface area contributed by atoms with Gasteiger partial charge in [-0.1, -0.05) is 49.7 Å². The molecule has 8 nitrogen and oxygen atoms in total. The first-order valence-corrected chi connectivity index (χ1v) is 19.1. The highest BCUT2D eigenvalue weighted by Gasteiger charge is 2.54. The number of nitrogens with zero attached hydrogens (tertiary/aromatic N) is 4. The normalized spacial score (nSPS) is 24.7. The van der Waals surface area contributed by atoms with E-state index in [4.69, 9.17) is 16.3 Å². The second-order valence-electron chi connectivity index (χ2n) is 15.9. The minimum Gasteiger partial charge on any atom is -0.493 e. The molecule has 270 valence electrons. The molecule has 0 aliphatic heterocycles. The summed E-state index contributed by atoms with van der Waals surface area (Å²) in [6.07, 6.45) is 14.0. The molecule has 3 aliphatic rings. The molecule has 0 radical (unpaired) electrons. The number of rotatable bonds is 12. The van der Waals surface area contributed by atoms with Crippen molar-refractivity contribution in [3.8, 4) is 5.75 Å². The lowest BCUT2D eigenvalue weighted by molar-refractivity contribution is -0.144. The van der Waals surface area contributed by atoms with Gasteiger partial charge in [-0.25, -0.2) is 4.79 Å². The molecule has 4 aromatic rings. The molecule has 9 heteroatoms. The van der Waals surface area contributed by atoms with Gasteiger partial charge in [0.1, 0.15) is 11.3 Å². The lowest BCUT2D eigenvalue weighted by Gasteiger charge is -2.47. The minimum absolute atomic E-state index is 0.0964. The standard InChI is InChI=1S/C42H52ClN5O3/c1-28(27-51-38-13-18-44-37-10-5-7-29(2)39(37)38)19-33-21-32-12-11-30(24-47(3)25-31-23-45-48(4)26-31)20-36(32)41(33)14-16-42(17-15-41,40(49)50)46-35-9-6-8-34(43)22-35/h6,8-9,11-13,18,20,22-23,26,28-29,33,46H,5,7,10,14-17,19,21,24-25,27H2,1-4H3,(H,49,50)/t28-,29-,33+,41?,42?/m1/s1. The van der Waals surface area contributed by atoms with E-state index < -0.39 is 11.5 Å². The summed E-state index contributed by atoms with van der Waals surface area (Å²) in [4.78, 5) is 20.0. The maximum atomic E-state index is 13.0. The highest BCUT2D eigenvalue weighted by molar-refractivity contribution is 6.30. The number of benzene rings is 2. The molecule has 7 rings (SSSR count). The van der Waals surface area contributed by atoms with Crippen LogP contribution in [0.2, 0.25) is 5.02 Å². The molecule has 2 N–H and O–H groups in total. The number of pyridine rings is 1. The summed E-state index contributed by atoms with van der Waals surface area (Å²) in [5.74, 6) is 1.41. The summed E-state index contributed by atoms with van der Waals surface area (Å²) in [6.45, 7) is 6.93. The Morgan fingerprint density at radius 1 is 1.14 bits per heavy atom. The summed E-state index contributed by atoms with van der Waals surface area (Å²) in [6, 6.07) is 16.5. The second-order valence-corrected chi connectivity index (χ2v) is 16.3. The maximum Gasteiger partial charge on any atom is 0.329 e. The van der Waals surface area contributed by atoms with Crippen molar-refractivity contribution in [2.75, 3.05) is 19.0 Å². The van der Waals surface area contributed by atoms with E-state index in [2.05, 4.69) is 65.6 Å². The van der Waals surface area contributed by atoms with Crippen molar-refractivity contribution in [3.63, 3.8) is 0 Å². The number of halogens is 1. The van der Waals surface area contributed by atoms with Gasteiger partial charge < -0.3 is 15.2 Å². The summed E-state index contributed by atoms with van der Waals surface area (Å²) in [5, 5.41) is 19.0. The molecule has 3 atom stereocenters. The lowest BCUT2D eigenvalue weighted by Crippen LogP contribution is -2.53. The van der Waals surface area contributed by atoms with E-state index in [0.717, 1.165) is 56.6 Å². The zero-order valence-corrected chi connectivity index (χ0v) is 31.3. The Labute approximate surface area is 307 Å². The number of hydrogen-bond acceptors (Lipinski definition) is 6. The van der Waals surface area contributed by atoms with Crippen LogP contribution in [0, 0.1) is 11.8 Å². The molecular formula is C42H52ClN5O3. The molecule has 3 aliphatic carbocycles. The van der Waals surface area contributed by atoms with Gasteiger partial charge in [-0.05, 0) is 129 Å². The smallest absolute Gasteiger partial charge is 0.329 e. The number of aromatic nitrogens is 3. The van der Waals surface area contributed by atoms with Crippen LogP contribution in [0.15, 0.2) is 67.1 Å². The van der Waals surface area contributed by atoms with Gasteiger partial charge in [0.25, 0.3) is 0 Å². The van der Waals surface area contributed by atoms with Crippen molar-refractivity contribution in [3.05, 3.63) is 106 Å². The van der Waals surface area contributed by atoms with Gasteiger partial charge in [-0.15, -0.1) is 0 Å². The van der Waals surface area contributed by atoms with Gasteiger partial charge in [0.2, 0.25) is 0 Å². The quantitative estimate of drug-likeness (QED) is 0.152. The largest absolute Gasteiger partial charge is 0.493 e. The average Bonchev–Trinajstić information content (AvgIpc) is 3.64. The van der Waals surface area contributed by atoms with Crippen LogP contribution in [0.4, 0.5) is 5.69 Å². The number of aryl methyl sites for hydroxylation is 2. The number of carbonyl (C=O) groups is 1. The van der Waals surface area contributed by atoms with Crippen LogP contribution >= 0.6 is 11.6 Å². The fraction of sp³-hybridized carbons (Fsp3) is 0.500. The SMILES string of the molecule is C[C@@H](COc1ccnc2c1[C@H](C)CCC2)C[C@H]1Cc2ccc(CN(C)Cc3cnn(C)c3)cc2C12CCC(Nc1cccc(Cl)c1)(C(=O)O)CC2. The van der Waals surface area contributed by atoms with E-state index >= 15 is 0 Å². The molecule has 0 bridgehead atoms. The molecule has 1 saturated carbocycles. The fourth-order valence-corrected chi connectivity index (χ4v) is 9.67. The monoisotopic (exact) mass is 709 g/mol. The number of carboxylic acids is 1. The second kappa shape index (κ2) is 14.6. The molecule has 2 aromatic heterocycles. The van der Waals surface area contributed by atoms with Gasteiger partial charge in [-0.3, -0.25) is 14.6 Å². The summed E-state index contributed by atoms with van der Waals surface area (Å²) >= 11 is 6.31. The number of nitrogens with one attached hydrogen (secondary N) is 1. The molecule has 0 saturated heterocycles. The van der Waals surface area contributed by atoms with Crippen LogP contribution in [0.5, 0.6) is 5.75 Å². The number of carboxylic acid groups (broad SMARTS) is 1. The predicted molar refractivity (Wildman–Crippen MR) is 202 cm³/mol. The van der Waals surface area contributed by atoms with Gasteiger partial charge in [0.15, 0.2) is 0 Å². The Bertz CT molecular complexity index is 1860. The molecular weight excluding hydrogens is 658 g/mol. The van der Waals surface area contributed by atoms with Gasteiger partial charge in [0.05, 0.1) is 12.8 Å². The van der Waals surface area contributed by atoms with E-state index in [0.29, 0.717) is 42.2 Å². The van der Waals surface area contributed by atoms with Crippen LogP contribution in [0.1, 0.15) is 98.2 Å². The average molecular weight is 710 g/mol. The summed E-state index contributed by atoms with van der Waals surface area (Å²) in [7, 11) is 4.11. The number of aliphatic carboxylic acids is 1. The fourth-order valence-electron chi connectivity index (χ4n) is 9.48. The first kappa shape index (κ1) is 35.5. The van der Waals surface area contributed by atoms with Gasteiger partial charge in [0, 0.05) is 60.1 Å². The molecule has 0 unspecified atom stereocenters. The number of anilines is 1. The molecule has 0 amide bonds. The van der Waals surface area contributed by atoms with E-state index in [-0.39, 0.29) is 5.41 Å². The number of ether oxygens (including phenoxy) is 1. The van der Waals surface area contributed by atoms with E-state index in [9.17, 15) is 9.90 Å². The summed E-state index contributed by atoms with van der Waals surface area (Å²) in [5.41, 5.74) is 7.42. The van der Waals surface area contributed by atoms with E-state index in [1.165, 1.54) is 46.4 Å². The van der Waals surface area contributed by atoms with Crippen molar-refractivity contribution >= 4 is 23.3 Å². The zero-order chi connectivity index (χ0) is 35.8. The zero-order valence-electron chi connectivity index (χ0n) is 30.5. The Morgan fingerprint density at radius 2 is 1.94 bits per heavy atom. The summed E-state index contributed by atoms with van der Waals surface area (Å²) < 4.78 is 8.45. The maximum absolute atomic E-state index is 13.0. The van der Waals surface area contributed by atoms with E-state index in [1.807, 2.05) is 54.5 Å². The number of fused-ring (bicyclic) bond motifs is 3. The highest BCUT2D eigenvalue weighted by atomic mass is 35.5. The van der Waals surface area contributed by atoms with E-state index in [1.54, 1.807) is 0 Å². The third-order valence-electron chi connectivity index (χ3n) is 12.0. The number of hydrogen-bond donors (Lipinski definition) is 2. The Balaban J connectivity index is 1.13. The Kier molecular flexibility index (Phi) is 10.2. The van der Waals surface area contributed by atoms with Crippen molar-refractivity contribution < 1.29 is 14.6 Å². The third-order valence-corrected chi connectivity index (χ3v) is 12.3. The molecule has 51 heavy (non-hydrogen) atoms. The van der Waals surface area contributed by atoms with Crippen LogP contribution < -0.4 is 10.1 Å². The predicted octanol–water partition coefficient (Wildman–Crippen LogP) is 8.57. The third kappa shape index (κ3) is 7.40. The van der Waals surface area contributed by atoms with Crippen molar-refractivity contribution in [1.82, 2.24) is 19.7 Å². The van der Waals surface area contributed by atoms with Crippen LogP contribution in [-0.4, -0.2) is 49.9 Å². The van der Waals surface area contributed by atoms with Crippen LogP contribution in [0.3, 0.4) is 0 Å². The molecule has 2 heterocycles. The first-order valence-electron chi connectivity index (χ1n) is 18.7. The Morgan fingerprint density at radius 3 is 2.69 bits per heavy atom. The molecule has 1 spiro atoms.